The van der Waals surface area contributed by atoms with Gasteiger partial charge in [-0.3, -0.25) is 4.79 Å². The number of benzene rings is 1. The molecule has 1 saturated heterocycles. The van der Waals surface area contributed by atoms with E-state index in [9.17, 15) is 18.4 Å². The van der Waals surface area contributed by atoms with Gasteiger partial charge in [0.2, 0.25) is 5.95 Å². The van der Waals surface area contributed by atoms with Crippen molar-refractivity contribution in [1.82, 2.24) is 10.3 Å². The smallest absolute Gasteiger partial charge is 0.323 e. The highest BCUT2D eigenvalue weighted by atomic mass is 35.5. The van der Waals surface area contributed by atoms with Crippen molar-refractivity contribution in [1.29, 1.82) is 0 Å². The Balaban J connectivity index is 1.58. The summed E-state index contributed by atoms with van der Waals surface area (Å²) in [6.07, 6.45) is 1.75. The molecule has 2 fully saturated rings. The Morgan fingerprint density at radius 2 is 1.96 bits per heavy atom. The maximum atomic E-state index is 13.4. The molecule has 25 heavy (non-hydrogen) atoms. The summed E-state index contributed by atoms with van der Waals surface area (Å²) in [5, 5.41) is 3.28. The highest BCUT2D eigenvalue weighted by Crippen LogP contribution is 2.49. The Morgan fingerprint density at radius 3 is 2.64 bits per heavy atom. The summed E-state index contributed by atoms with van der Waals surface area (Å²) in [6.45, 7) is 0. The predicted molar refractivity (Wildman–Crippen MR) is 86.3 cm³/mol. The minimum atomic E-state index is -1.28. The normalized spacial score (nSPS) is 25.2. The maximum Gasteiger partial charge on any atom is 0.329 e. The number of urea groups is 1. The molecule has 1 aromatic heterocycles. The SMILES string of the molecule is O=C1NC2(CC(c3ccccc3Cl)C2)C(=O)N1c1cnc(F)c(F)c1. The van der Waals surface area contributed by atoms with Crippen molar-refractivity contribution >= 4 is 29.2 Å². The second-order valence-corrected chi connectivity index (χ2v) is 6.65. The zero-order valence-corrected chi connectivity index (χ0v) is 13.6. The standard InChI is InChI=1S/C17H12ClF2N3O2/c18-12-4-2-1-3-11(12)9-6-17(7-9)15(24)23(16(25)22-17)10-5-13(19)14(20)21-8-10/h1-5,8-9H,6-7H2,(H,22,25). The van der Waals surface area contributed by atoms with Crippen molar-refractivity contribution in [2.24, 2.45) is 0 Å². The third-order valence-electron chi connectivity index (χ3n) is 4.74. The fourth-order valence-corrected chi connectivity index (χ4v) is 3.76. The number of nitrogens with one attached hydrogen (secondary N) is 1. The first-order chi connectivity index (χ1) is 11.9. The van der Waals surface area contributed by atoms with Crippen LogP contribution in [0.2, 0.25) is 5.02 Å². The average molecular weight is 364 g/mol. The molecular formula is C17H12ClF2N3O2. The second-order valence-electron chi connectivity index (χ2n) is 6.25. The molecule has 0 unspecified atom stereocenters. The molecule has 1 aliphatic heterocycles. The lowest BCUT2D eigenvalue weighted by Gasteiger charge is -2.43. The van der Waals surface area contributed by atoms with Crippen LogP contribution in [-0.2, 0) is 4.79 Å². The zero-order valence-electron chi connectivity index (χ0n) is 12.8. The molecule has 1 spiro atoms. The minimum absolute atomic E-state index is 0.0426. The molecule has 0 radical (unpaired) electrons. The van der Waals surface area contributed by atoms with E-state index in [0.717, 1.165) is 22.7 Å². The number of halogens is 3. The van der Waals surface area contributed by atoms with Gasteiger partial charge < -0.3 is 5.32 Å². The van der Waals surface area contributed by atoms with Gasteiger partial charge >= 0.3 is 6.03 Å². The van der Waals surface area contributed by atoms with E-state index in [1.165, 1.54) is 0 Å². The first-order valence-corrected chi connectivity index (χ1v) is 8.01. The lowest BCUT2D eigenvalue weighted by molar-refractivity contribution is -0.125. The number of imide groups is 1. The third-order valence-corrected chi connectivity index (χ3v) is 5.08. The average Bonchev–Trinajstić information content (AvgIpc) is 2.81. The molecule has 2 heterocycles. The van der Waals surface area contributed by atoms with Crippen molar-refractivity contribution in [3.8, 4) is 0 Å². The van der Waals surface area contributed by atoms with Crippen LogP contribution in [0.25, 0.3) is 0 Å². The number of rotatable bonds is 2. The number of amides is 3. The molecule has 0 bridgehead atoms. The van der Waals surface area contributed by atoms with Gasteiger partial charge in [-0.25, -0.2) is 19.1 Å². The molecule has 1 N–H and O–H groups in total. The van der Waals surface area contributed by atoms with Crippen molar-refractivity contribution in [3.63, 3.8) is 0 Å². The van der Waals surface area contributed by atoms with Crippen LogP contribution in [0.4, 0.5) is 19.3 Å². The number of carbonyl (C=O) groups is 2. The van der Waals surface area contributed by atoms with Gasteiger partial charge in [0.1, 0.15) is 5.54 Å². The summed E-state index contributed by atoms with van der Waals surface area (Å²) >= 11 is 6.18. The lowest BCUT2D eigenvalue weighted by atomic mass is 9.65. The molecule has 4 rings (SSSR count). The van der Waals surface area contributed by atoms with E-state index in [1.54, 1.807) is 6.07 Å². The summed E-state index contributed by atoms with van der Waals surface area (Å²) in [5.41, 5.74) is -0.213. The van der Waals surface area contributed by atoms with Crippen LogP contribution in [0, 0.1) is 11.8 Å². The summed E-state index contributed by atoms with van der Waals surface area (Å²) in [7, 11) is 0. The molecule has 128 valence electrons. The monoisotopic (exact) mass is 363 g/mol. The molecule has 5 nitrogen and oxygen atoms in total. The van der Waals surface area contributed by atoms with Gasteiger partial charge in [0.25, 0.3) is 5.91 Å². The van der Waals surface area contributed by atoms with Crippen LogP contribution in [-0.4, -0.2) is 22.5 Å². The van der Waals surface area contributed by atoms with E-state index >= 15 is 0 Å². The van der Waals surface area contributed by atoms with Gasteiger partial charge in [-0.1, -0.05) is 29.8 Å². The van der Waals surface area contributed by atoms with Crippen LogP contribution < -0.4 is 10.2 Å². The zero-order chi connectivity index (χ0) is 17.8. The van der Waals surface area contributed by atoms with E-state index in [1.807, 2.05) is 18.2 Å². The largest absolute Gasteiger partial charge is 0.329 e. The highest BCUT2D eigenvalue weighted by Gasteiger charge is 2.59. The van der Waals surface area contributed by atoms with Crippen LogP contribution in [0.5, 0.6) is 0 Å². The van der Waals surface area contributed by atoms with E-state index in [-0.39, 0.29) is 11.6 Å². The quantitative estimate of drug-likeness (QED) is 0.657. The van der Waals surface area contributed by atoms with Crippen LogP contribution in [0.1, 0.15) is 24.3 Å². The minimum Gasteiger partial charge on any atom is -0.323 e. The topological polar surface area (TPSA) is 62.3 Å². The van der Waals surface area contributed by atoms with Crippen molar-refractivity contribution in [2.45, 2.75) is 24.3 Å². The number of carbonyl (C=O) groups excluding carboxylic acids is 2. The number of pyridine rings is 1. The second kappa shape index (κ2) is 5.49. The van der Waals surface area contributed by atoms with Gasteiger partial charge in [0, 0.05) is 11.1 Å². The van der Waals surface area contributed by atoms with Crippen molar-refractivity contribution < 1.29 is 18.4 Å². The van der Waals surface area contributed by atoms with Gasteiger partial charge in [-0.15, -0.1) is 0 Å². The molecule has 0 atom stereocenters. The number of anilines is 1. The van der Waals surface area contributed by atoms with Crippen molar-refractivity contribution in [3.05, 3.63) is 58.9 Å². The maximum absolute atomic E-state index is 13.4. The van der Waals surface area contributed by atoms with E-state index in [2.05, 4.69) is 10.3 Å². The Morgan fingerprint density at radius 1 is 1.24 bits per heavy atom. The van der Waals surface area contributed by atoms with E-state index in [0.29, 0.717) is 17.9 Å². The van der Waals surface area contributed by atoms with Gasteiger partial charge in [0.15, 0.2) is 5.82 Å². The Bertz CT molecular complexity index is 899. The number of aromatic nitrogens is 1. The molecule has 1 aromatic carbocycles. The van der Waals surface area contributed by atoms with Gasteiger partial charge in [-0.2, -0.15) is 4.39 Å². The molecule has 3 amide bonds. The Labute approximate surface area is 146 Å². The summed E-state index contributed by atoms with van der Waals surface area (Å²) in [6, 6.07) is 7.45. The summed E-state index contributed by atoms with van der Waals surface area (Å²) < 4.78 is 26.4. The first kappa shape index (κ1) is 16.0. The van der Waals surface area contributed by atoms with Crippen LogP contribution >= 0.6 is 11.6 Å². The molecule has 1 saturated carbocycles. The molecule has 2 aromatic rings. The lowest BCUT2D eigenvalue weighted by Crippen LogP contribution is -2.56. The fraction of sp³-hybridized carbons (Fsp3) is 0.235. The summed E-state index contributed by atoms with van der Waals surface area (Å²) in [5.74, 6) is -2.95. The van der Waals surface area contributed by atoms with E-state index < -0.39 is 29.2 Å². The highest BCUT2D eigenvalue weighted by molar-refractivity contribution is 6.31. The van der Waals surface area contributed by atoms with Crippen LogP contribution in [0.15, 0.2) is 36.5 Å². The first-order valence-electron chi connectivity index (χ1n) is 7.63. The number of hydrogen-bond acceptors (Lipinski definition) is 3. The van der Waals surface area contributed by atoms with Gasteiger partial charge in [-0.05, 0) is 30.4 Å². The molecular weight excluding hydrogens is 352 g/mol. The number of hydrogen-bond donors (Lipinski definition) is 1. The van der Waals surface area contributed by atoms with Gasteiger partial charge in [0.05, 0.1) is 11.9 Å². The summed E-state index contributed by atoms with van der Waals surface area (Å²) in [4.78, 5) is 29.0. The fourth-order valence-electron chi connectivity index (χ4n) is 3.47. The molecule has 8 heteroatoms. The van der Waals surface area contributed by atoms with Crippen molar-refractivity contribution in [2.75, 3.05) is 4.90 Å². The third kappa shape index (κ3) is 2.38. The van der Waals surface area contributed by atoms with E-state index in [4.69, 9.17) is 11.6 Å². The van der Waals surface area contributed by atoms with Crippen LogP contribution in [0.3, 0.4) is 0 Å². The Hall–Kier alpha value is -2.54. The Kier molecular flexibility index (Phi) is 3.50. The molecule has 1 aliphatic carbocycles. The molecule has 2 aliphatic rings. The predicted octanol–water partition coefficient (Wildman–Crippen LogP) is 3.39. The number of nitrogens with zero attached hydrogens (tertiary/aromatic N) is 2.